The standard InChI is InChI=1S/C21H28BClO3/c1-4-6-15(3)19-11-12-22(25)26-21(19)10-7-16(5-2)13-17-8-9-18(24)14-20(17)23/h8-9,11,13-14,21,24-25H,3-7,10,12H2,1-2H3/b16-13+. The monoisotopic (exact) mass is 374 g/mol. The lowest BCUT2D eigenvalue weighted by Crippen LogP contribution is -2.31. The number of aromatic hydroxyl groups is 1. The molecule has 2 N–H and O–H groups in total. The van der Waals surface area contributed by atoms with Gasteiger partial charge >= 0.3 is 7.12 Å². The second kappa shape index (κ2) is 10.0. The van der Waals surface area contributed by atoms with Crippen molar-refractivity contribution in [3.63, 3.8) is 0 Å². The summed E-state index contributed by atoms with van der Waals surface area (Å²) in [7, 11) is -0.737. The molecule has 1 unspecified atom stereocenters. The van der Waals surface area contributed by atoms with E-state index in [1.54, 1.807) is 12.1 Å². The normalized spacial score (nSPS) is 18.0. The van der Waals surface area contributed by atoms with Gasteiger partial charge in [0.15, 0.2) is 0 Å². The van der Waals surface area contributed by atoms with Crippen molar-refractivity contribution in [3.8, 4) is 5.75 Å². The van der Waals surface area contributed by atoms with E-state index in [0.29, 0.717) is 11.3 Å². The number of allylic oxidation sites excluding steroid dienone is 2. The van der Waals surface area contributed by atoms with Crippen molar-refractivity contribution in [2.45, 2.75) is 58.4 Å². The third kappa shape index (κ3) is 5.77. The number of halogens is 1. The first-order valence-electron chi connectivity index (χ1n) is 9.34. The van der Waals surface area contributed by atoms with Crippen LogP contribution in [0.5, 0.6) is 5.75 Å². The Morgan fingerprint density at radius 2 is 2.15 bits per heavy atom. The summed E-state index contributed by atoms with van der Waals surface area (Å²) in [5.74, 6) is 0.166. The lowest BCUT2D eigenvalue weighted by atomic mass is 9.77. The highest BCUT2D eigenvalue weighted by Crippen LogP contribution is 2.31. The Bertz CT molecular complexity index is 696. The SMILES string of the molecule is C=C(CCC)C1=CCB(O)OC1CC/C(=C/c1ccc(O)cc1Cl)CC. The smallest absolute Gasteiger partial charge is 0.458 e. The summed E-state index contributed by atoms with van der Waals surface area (Å²) in [6.45, 7) is 8.44. The molecule has 2 rings (SSSR count). The molecular weight excluding hydrogens is 346 g/mol. The molecule has 0 spiro atoms. The third-order valence-corrected chi connectivity index (χ3v) is 5.02. The molecule has 1 heterocycles. The Kier molecular flexibility index (Phi) is 8.01. The minimum absolute atomic E-state index is 0.122. The molecule has 1 atom stereocenters. The Morgan fingerprint density at radius 3 is 2.81 bits per heavy atom. The lowest BCUT2D eigenvalue weighted by Gasteiger charge is -2.28. The maximum absolute atomic E-state index is 9.88. The van der Waals surface area contributed by atoms with E-state index in [0.717, 1.165) is 48.8 Å². The highest BCUT2D eigenvalue weighted by molar-refractivity contribution is 6.43. The Balaban J connectivity index is 2.10. The molecular formula is C21H28BClO3. The number of phenolic OH excluding ortho intramolecular Hbond substituents is 1. The van der Waals surface area contributed by atoms with Crippen molar-refractivity contribution >= 4 is 24.8 Å². The van der Waals surface area contributed by atoms with Gasteiger partial charge in [0.25, 0.3) is 0 Å². The van der Waals surface area contributed by atoms with Crippen molar-refractivity contribution in [2.75, 3.05) is 0 Å². The van der Waals surface area contributed by atoms with Crippen molar-refractivity contribution in [1.82, 2.24) is 0 Å². The maximum atomic E-state index is 9.88. The van der Waals surface area contributed by atoms with Gasteiger partial charge in [0.2, 0.25) is 0 Å². The van der Waals surface area contributed by atoms with E-state index in [1.807, 2.05) is 6.07 Å². The van der Waals surface area contributed by atoms with E-state index in [4.69, 9.17) is 16.3 Å². The topological polar surface area (TPSA) is 49.7 Å². The van der Waals surface area contributed by atoms with Gasteiger partial charge in [-0.15, -0.1) is 0 Å². The largest absolute Gasteiger partial charge is 0.508 e. The van der Waals surface area contributed by atoms with E-state index >= 15 is 0 Å². The van der Waals surface area contributed by atoms with Gasteiger partial charge in [-0.25, -0.2) is 0 Å². The molecule has 0 aromatic heterocycles. The Hall–Kier alpha value is -1.49. The fourth-order valence-corrected chi connectivity index (χ4v) is 3.47. The molecule has 3 nitrogen and oxygen atoms in total. The summed E-state index contributed by atoms with van der Waals surface area (Å²) in [6, 6.07) is 5.01. The van der Waals surface area contributed by atoms with E-state index in [2.05, 4.69) is 32.6 Å². The molecule has 1 aliphatic heterocycles. The molecule has 26 heavy (non-hydrogen) atoms. The van der Waals surface area contributed by atoms with Crippen molar-refractivity contribution < 1.29 is 14.8 Å². The predicted octanol–water partition coefficient (Wildman–Crippen LogP) is 5.78. The first-order chi connectivity index (χ1) is 12.4. The quantitative estimate of drug-likeness (QED) is 0.567. The number of rotatable bonds is 8. The van der Waals surface area contributed by atoms with Gasteiger partial charge in [-0.3, -0.25) is 0 Å². The molecule has 1 aliphatic rings. The van der Waals surface area contributed by atoms with Crippen LogP contribution in [0.15, 0.2) is 47.6 Å². The van der Waals surface area contributed by atoms with Crippen LogP contribution in [0.4, 0.5) is 0 Å². The van der Waals surface area contributed by atoms with E-state index in [1.165, 1.54) is 5.57 Å². The van der Waals surface area contributed by atoms with E-state index in [9.17, 15) is 10.1 Å². The highest BCUT2D eigenvalue weighted by Gasteiger charge is 2.27. The third-order valence-electron chi connectivity index (χ3n) is 4.69. The summed E-state index contributed by atoms with van der Waals surface area (Å²) < 4.78 is 5.79. The van der Waals surface area contributed by atoms with Crippen LogP contribution in [-0.2, 0) is 4.65 Å². The van der Waals surface area contributed by atoms with Gasteiger partial charge < -0.3 is 14.8 Å². The Morgan fingerprint density at radius 1 is 1.38 bits per heavy atom. The summed E-state index contributed by atoms with van der Waals surface area (Å²) in [5.41, 5.74) is 4.39. The molecule has 0 bridgehead atoms. The van der Waals surface area contributed by atoms with Gasteiger partial charge in [0.05, 0.1) is 11.1 Å². The van der Waals surface area contributed by atoms with Gasteiger partial charge in [-0.2, -0.15) is 0 Å². The second-order valence-electron chi connectivity index (χ2n) is 6.73. The zero-order valence-corrected chi connectivity index (χ0v) is 16.4. The average Bonchev–Trinajstić information content (AvgIpc) is 2.60. The molecule has 0 amide bonds. The second-order valence-corrected chi connectivity index (χ2v) is 7.14. The molecule has 1 aromatic carbocycles. The zero-order valence-electron chi connectivity index (χ0n) is 15.7. The van der Waals surface area contributed by atoms with Crippen LogP contribution < -0.4 is 0 Å². The average molecular weight is 375 g/mol. The lowest BCUT2D eigenvalue weighted by molar-refractivity contribution is 0.182. The van der Waals surface area contributed by atoms with Crippen LogP contribution in [0.2, 0.25) is 11.3 Å². The fraction of sp³-hybridized carbons (Fsp3) is 0.429. The van der Waals surface area contributed by atoms with Crippen molar-refractivity contribution in [1.29, 1.82) is 0 Å². The molecule has 0 radical (unpaired) electrons. The first kappa shape index (κ1) is 20.8. The molecule has 0 aliphatic carbocycles. The van der Waals surface area contributed by atoms with Crippen LogP contribution in [0.25, 0.3) is 6.08 Å². The van der Waals surface area contributed by atoms with Gasteiger partial charge in [-0.05, 0) is 60.6 Å². The molecule has 0 fully saturated rings. The van der Waals surface area contributed by atoms with E-state index < -0.39 is 7.12 Å². The van der Waals surface area contributed by atoms with Crippen molar-refractivity contribution in [3.05, 3.63) is 58.2 Å². The minimum atomic E-state index is -0.737. The summed E-state index contributed by atoms with van der Waals surface area (Å²) >= 11 is 6.21. The maximum Gasteiger partial charge on any atom is 0.458 e. The van der Waals surface area contributed by atoms with Crippen molar-refractivity contribution in [2.24, 2.45) is 0 Å². The molecule has 140 valence electrons. The van der Waals surface area contributed by atoms with Crippen LogP contribution >= 0.6 is 11.6 Å². The van der Waals surface area contributed by atoms with Crippen LogP contribution in [0.1, 0.15) is 51.5 Å². The fourth-order valence-electron chi connectivity index (χ4n) is 3.24. The zero-order chi connectivity index (χ0) is 19.1. The van der Waals surface area contributed by atoms with Crippen LogP contribution in [0.3, 0.4) is 0 Å². The van der Waals surface area contributed by atoms with Gasteiger partial charge in [0, 0.05) is 6.32 Å². The summed E-state index contributed by atoms with van der Waals surface area (Å²) in [5, 5.41) is 19.9. The molecule has 5 heteroatoms. The van der Waals surface area contributed by atoms with Crippen LogP contribution in [0, 0.1) is 0 Å². The van der Waals surface area contributed by atoms with E-state index in [-0.39, 0.29) is 11.9 Å². The van der Waals surface area contributed by atoms with Crippen LogP contribution in [-0.4, -0.2) is 23.4 Å². The highest BCUT2D eigenvalue weighted by atomic mass is 35.5. The molecule has 1 aromatic rings. The number of hydrogen-bond acceptors (Lipinski definition) is 3. The molecule has 0 saturated carbocycles. The number of hydrogen-bond donors (Lipinski definition) is 2. The van der Waals surface area contributed by atoms with Gasteiger partial charge in [-0.1, -0.05) is 56.2 Å². The minimum Gasteiger partial charge on any atom is -0.508 e. The Labute approximate surface area is 162 Å². The summed E-state index contributed by atoms with van der Waals surface area (Å²) in [6.07, 6.45) is 9.09. The molecule has 0 saturated heterocycles. The predicted molar refractivity (Wildman–Crippen MR) is 110 cm³/mol. The first-order valence-corrected chi connectivity index (χ1v) is 9.72. The number of phenols is 1. The summed E-state index contributed by atoms with van der Waals surface area (Å²) in [4.78, 5) is 0. The number of benzene rings is 1. The van der Waals surface area contributed by atoms with Gasteiger partial charge in [0.1, 0.15) is 5.75 Å².